The Kier molecular flexibility index (Phi) is 4.53. The molecule has 6 nitrogen and oxygen atoms in total. The third-order valence-electron chi connectivity index (χ3n) is 3.87. The second-order valence-electron chi connectivity index (χ2n) is 5.31. The number of rotatable bonds is 4. The van der Waals surface area contributed by atoms with E-state index in [-0.39, 0.29) is 18.5 Å². The highest BCUT2D eigenvalue weighted by Gasteiger charge is 2.38. The highest BCUT2D eigenvalue weighted by Crippen LogP contribution is 2.27. The normalized spacial score (nSPS) is 24.0. The van der Waals surface area contributed by atoms with E-state index in [1.165, 1.54) is 10.6 Å². The summed E-state index contributed by atoms with van der Waals surface area (Å²) in [5, 5.41) is 9.14. The minimum absolute atomic E-state index is 0.0952. The van der Waals surface area contributed by atoms with E-state index < -0.39 is 16.0 Å². The second-order valence-corrected chi connectivity index (χ2v) is 7.24. The van der Waals surface area contributed by atoms with Crippen molar-refractivity contribution in [1.29, 1.82) is 0 Å². The van der Waals surface area contributed by atoms with Crippen LogP contribution in [0.5, 0.6) is 0 Å². The molecule has 0 aliphatic carbocycles. The number of piperazine rings is 1. The monoisotopic (exact) mass is 312 g/mol. The fourth-order valence-corrected chi connectivity index (χ4v) is 4.05. The number of para-hydroxylation sites is 1. The highest BCUT2D eigenvalue weighted by atomic mass is 32.2. The van der Waals surface area contributed by atoms with Gasteiger partial charge in [0.2, 0.25) is 10.0 Å². The standard InChI is InChI=1S/C14H20N2O4S/c1-11-13(10-14(17)18)15(12-6-4-3-5-7-12)8-9-16(11)21(2,19)20/h3-7,11,13H,8-10H2,1-2H3,(H,17,18)/t11-,13-/m1/s1. The molecule has 0 amide bonds. The lowest BCUT2D eigenvalue weighted by molar-refractivity contribution is -0.137. The quantitative estimate of drug-likeness (QED) is 0.897. The maximum Gasteiger partial charge on any atom is 0.305 e. The van der Waals surface area contributed by atoms with E-state index in [0.29, 0.717) is 13.1 Å². The maximum atomic E-state index is 11.8. The molecule has 1 aromatic rings. The first-order chi connectivity index (χ1) is 9.80. The van der Waals surface area contributed by atoms with Crippen LogP contribution >= 0.6 is 0 Å². The number of carboxylic acid groups (broad SMARTS) is 1. The van der Waals surface area contributed by atoms with Gasteiger partial charge in [0, 0.05) is 24.8 Å². The van der Waals surface area contributed by atoms with Gasteiger partial charge in [-0.05, 0) is 19.1 Å². The van der Waals surface area contributed by atoms with E-state index in [0.717, 1.165) is 5.69 Å². The first-order valence-corrected chi connectivity index (χ1v) is 8.66. The largest absolute Gasteiger partial charge is 0.481 e. The molecule has 0 radical (unpaired) electrons. The molecular weight excluding hydrogens is 292 g/mol. The number of nitrogens with zero attached hydrogens (tertiary/aromatic N) is 2. The average molecular weight is 312 g/mol. The second kappa shape index (κ2) is 6.03. The molecule has 1 aliphatic rings. The maximum absolute atomic E-state index is 11.8. The van der Waals surface area contributed by atoms with Crippen molar-refractivity contribution in [3.05, 3.63) is 30.3 Å². The van der Waals surface area contributed by atoms with Crippen molar-refractivity contribution in [2.75, 3.05) is 24.2 Å². The van der Waals surface area contributed by atoms with E-state index in [2.05, 4.69) is 0 Å². The Morgan fingerprint density at radius 3 is 2.43 bits per heavy atom. The Morgan fingerprint density at radius 2 is 1.90 bits per heavy atom. The van der Waals surface area contributed by atoms with Gasteiger partial charge in [0.1, 0.15) is 0 Å². The minimum Gasteiger partial charge on any atom is -0.481 e. The van der Waals surface area contributed by atoms with Crippen LogP contribution in [0.15, 0.2) is 30.3 Å². The number of hydrogen-bond donors (Lipinski definition) is 1. The van der Waals surface area contributed by atoms with Crippen molar-refractivity contribution in [3.63, 3.8) is 0 Å². The predicted octanol–water partition coefficient (Wildman–Crippen LogP) is 1.00. The van der Waals surface area contributed by atoms with Gasteiger partial charge in [0.15, 0.2) is 0 Å². The molecule has 2 rings (SSSR count). The fraction of sp³-hybridized carbons (Fsp3) is 0.500. The topological polar surface area (TPSA) is 77.9 Å². The molecule has 1 saturated heterocycles. The lowest BCUT2D eigenvalue weighted by Crippen LogP contribution is -2.60. The number of hydrogen-bond acceptors (Lipinski definition) is 4. The Hall–Kier alpha value is -1.60. The molecular formula is C14H20N2O4S. The van der Waals surface area contributed by atoms with E-state index >= 15 is 0 Å². The summed E-state index contributed by atoms with van der Waals surface area (Å²) >= 11 is 0. The highest BCUT2D eigenvalue weighted by molar-refractivity contribution is 7.88. The van der Waals surface area contributed by atoms with Gasteiger partial charge in [-0.25, -0.2) is 8.42 Å². The lowest BCUT2D eigenvalue weighted by Gasteiger charge is -2.46. The Morgan fingerprint density at radius 1 is 1.29 bits per heavy atom. The molecule has 21 heavy (non-hydrogen) atoms. The van der Waals surface area contributed by atoms with E-state index in [4.69, 9.17) is 5.11 Å². The molecule has 1 aliphatic heterocycles. The molecule has 0 spiro atoms. The number of aliphatic carboxylic acids is 1. The Labute approximate surface area is 125 Å². The molecule has 1 fully saturated rings. The number of sulfonamides is 1. The van der Waals surface area contributed by atoms with Crippen LogP contribution in [0.2, 0.25) is 0 Å². The third-order valence-corrected chi connectivity index (χ3v) is 5.24. The smallest absolute Gasteiger partial charge is 0.305 e. The van der Waals surface area contributed by atoms with E-state index in [1.54, 1.807) is 6.92 Å². The number of benzene rings is 1. The van der Waals surface area contributed by atoms with Crippen molar-refractivity contribution in [1.82, 2.24) is 4.31 Å². The van der Waals surface area contributed by atoms with Crippen molar-refractivity contribution < 1.29 is 18.3 Å². The molecule has 2 atom stereocenters. The van der Waals surface area contributed by atoms with Crippen LogP contribution in [0, 0.1) is 0 Å². The molecule has 116 valence electrons. The summed E-state index contributed by atoms with van der Waals surface area (Å²) in [7, 11) is -3.34. The summed E-state index contributed by atoms with van der Waals surface area (Å²) in [5.41, 5.74) is 0.920. The Bertz CT molecular complexity index is 603. The predicted molar refractivity (Wildman–Crippen MR) is 80.8 cm³/mol. The SMILES string of the molecule is C[C@@H]1[C@@H](CC(=O)O)N(c2ccccc2)CCN1S(C)(=O)=O. The van der Waals surface area contributed by atoms with Gasteiger partial charge in [-0.2, -0.15) is 4.31 Å². The molecule has 1 heterocycles. The zero-order valence-electron chi connectivity index (χ0n) is 12.1. The zero-order chi connectivity index (χ0) is 15.6. The van der Waals surface area contributed by atoms with Crippen molar-refractivity contribution in [2.24, 2.45) is 0 Å². The molecule has 0 saturated carbocycles. The van der Waals surface area contributed by atoms with Crippen molar-refractivity contribution in [3.8, 4) is 0 Å². The van der Waals surface area contributed by atoms with Gasteiger partial charge in [-0.3, -0.25) is 4.79 Å². The summed E-state index contributed by atoms with van der Waals surface area (Å²) in [6.07, 6.45) is 1.07. The van der Waals surface area contributed by atoms with Gasteiger partial charge < -0.3 is 10.0 Å². The molecule has 0 aromatic heterocycles. The lowest BCUT2D eigenvalue weighted by atomic mass is 10.0. The van der Waals surface area contributed by atoms with Crippen LogP contribution < -0.4 is 4.90 Å². The molecule has 7 heteroatoms. The van der Waals surface area contributed by atoms with Crippen molar-refractivity contribution in [2.45, 2.75) is 25.4 Å². The fourth-order valence-electron chi connectivity index (χ4n) is 2.90. The zero-order valence-corrected chi connectivity index (χ0v) is 13.0. The Balaban J connectivity index is 2.33. The van der Waals surface area contributed by atoms with Crippen LogP contribution in [0.3, 0.4) is 0 Å². The van der Waals surface area contributed by atoms with Gasteiger partial charge in [-0.15, -0.1) is 0 Å². The van der Waals surface area contributed by atoms with Crippen molar-refractivity contribution >= 4 is 21.7 Å². The minimum atomic E-state index is -3.34. The third kappa shape index (κ3) is 3.54. The van der Waals surface area contributed by atoms with Crippen LogP contribution in [0.25, 0.3) is 0 Å². The van der Waals surface area contributed by atoms with Gasteiger partial charge in [0.05, 0.1) is 18.7 Å². The summed E-state index contributed by atoms with van der Waals surface area (Å²) in [4.78, 5) is 13.1. The summed E-state index contributed by atoms with van der Waals surface area (Å²) in [6.45, 7) is 2.62. The molecule has 0 bridgehead atoms. The van der Waals surface area contributed by atoms with E-state index in [1.807, 2.05) is 35.2 Å². The first-order valence-electron chi connectivity index (χ1n) is 6.81. The summed E-state index contributed by atoms with van der Waals surface area (Å²) < 4.78 is 25.1. The average Bonchev–Trinajstić information content (AvgIpc) is 2.40. The van der Waals surface area contributed by atoms with Crippen LogP contribution in [-0.4, -0.2) is 55.2 Å². The number of carboxylic acids is 1. The molecule has 1 aromatic carbocycles. The van der Waals surface area contributed by atoms with Gasteiger partial charge >= 0.3 is 5.97 Å². The molecule has 1 N–H and O–H groups in total. The van der Waals surface area contributed by atoms with Gasteiger partial charge in [0.25, 0.3) is 0 Å². The van der Waals surface area contributed by atoms with Crippen LogP contribution in [0.4, 0.5) is 5.69 Å². The number of anilines is 1. The van der Waals surface area contributed by atoms with Gasteiger partial charge in [-0.1, -0.05) is 18.2 Å². The summed E-state index contributed by atoms with van der Waals surface area (Å²) in [5.74, 6) is -0.928. The number of carbonyl (C=O) groups is 1. The van der Waals surface area contributed by atoms with E-state index in [9.17, 15) is 13.2 Å². The summed E-state index contributed by atoms with van der Waals surface area (Å²) in [6, 6.07) is 8.74. The van der Waals surface area contributed by atoms with Crippen LogP contribution in [0.1, 0.15) is 13.3 Å². The van der Waals surface area contributed by atoms with Crippen LogP contribution in [-0.2, 0) is 14.8 Å². The first kappa shape index (κ1) is 15.8. The molecule has 0 unspecified atom stereocenters.